The van der Waals surface area contributed by atoms with Crippen molar-refractivity contribution in [2.45, 2.75) is 26.7 Å². The van der Waals surface area contributed by atoms with Gasteiger partial charge >= 0.3 is 5.97 Å². The summed E-state index contributed by atoms with van der Waals surface area (Å²) in [5.41, 5.74) is -0.604. The molecule has 1 N–H and O–H groups in total. The van der Waals surface area contributed by atoms with Gasteiger partial charge in [0.15, 0.2) is 11.5 Å². The van der Waals surface area contributed by atoms with Crippen LogP contribution >= 0.6 is 0 Å². The number of carboxylic acid groups (broad SMARTS) is 1. The molecule has 0 atom stereocenters. The van der Waals surface area contributed by atoms with E-state index < -0.39 is 10.9 Å². The molecule has 7 nitrogen and oxygen atoms in total. The van der Waals surface area contributed by atoms with Crippen LogP contribution in [0.1, 0.15) is 37.0 Å². The van der Waals surface area contributed by atoms with Crippen LogP contribution < -0.4 is 9.47 Å². The second-order valence-corrected chi connectivity index (χ2v) is 4.02. The number of carbonyl (C=O) groups is 1. The SMILES string of the molecule is CCCCOc1c(OCC)cc([N+](=O)[O-])cc1C(=O)O. The Labute approximate surface area is 116 Å². The predicted molar refractivity (Wildman–Crippen MR) is 71.6 cm³/mol. The quantitative estimate of drug-likeness (QED) is 0.447. The number of aromatic carboxylic acids is 1. The van der Waals surface area contributed by atoms with Crippen molar-refractivity contribution in [2.24, 2.45) is 0 Å². The number of unbranched alkanes of at least 4 members (excludes halogenated alkanes) is 1. The van der Waals surface area contributed by atoms with Crippen LogP contribution in [0.2, 0.25) is 0 Å². The van der Waals surface area contributed by atoms with E-state index in [9.17, 15) is 14.9 Å². The molecule has 0 saturated carbocycles. The highest BCUT2D eigenvalue weighted by Gasteiger charge is 2.23. The minimum atomic E-state index is -1.29. The van der Waals surface area contributed by atoms with Gasteiger partial charge in [-0.1, -0.05) is 13.3 Å². The van der Waals surface area contributed by atoms with E-state index in [1.807, 2.05) is 6.92 Å². The van der Waals surface area contributed by atoms with Gasteiger partial charge in [0.25, 0.3) is 5.69 Å². The third kappa shape index (κ3) is 3.84. The van der Waals surface area contributed by atoms with Crippen LogP contribution in [0.25, 0.3) is 0 Å². The highest BCUT2D eigenvalue weighted by Crippen LogP contribution is 2.36. The fourth-order valence-electron chi connectivity index (χ4n) is 1.58. The maximum atomic E-state index is 11.2. The molecule has 7 heteroatoms. The highest BCUT2D eigenvalue weighted by molar-refractivity contribution is 5.93. The van der Waals surface area contributed by atoms with Crippen molar-refractivity contribution in [2.75, 3.05) is 13.2 Å². The molecular weight excluding hydrogens is 266 g/mol. The number of carboxylic acids is 1. The maximum absolute atomic E-state index is 11.2. The van der Waals surface area contributed by atoms with Gasteiger partial charge in [0.2, 0.25) is 0 Å². The predicted octanol–water partition coefficient (Wildman–Crippen LogP) is 2.87. The lowest BCUT2D eigenvalue weighted by molar-refractivity contribution is -0.385. The molecule has 0 fully saturated rings. The first kappa shape index (κ1) is 15.7. The summed E-state index contributed by atoms with van der Waals surface area (Å²) >= 11 is 0. The zero-order chi connectivity index (χ0) is 15.1. The van der Waals surface area contributed by atoms with Crippen LogP contribution in [-0.2, 0) is 0 Å². The van der Waals surface area contributed by atoms with Crippen LogP contribution in [0.5, 0.6) is 11.5 Å². The number of nitro benzene ring substituents is 1. The van der Waals surface area contributed by atoms with E-state index in [1.54, 1.807) is 6.92 Å². The number of rotatable bonds is 8. The molecule has 0 unspecified atom stereocenters. The van der Waals surface area contributed by atoms with E-state index in [1.165, 1.54) is 6.07 Å². The lowest BCUT2D eigenvalue weighted by Gasteiger charge is -2.14. The summed E-state index contributed by atoms with van der Waals surface area (Å²) in [6.45, 7) is 4.26. The first-order valence-corrected chi connectivity index (χ1v) is 6.32. The number of ether oxygens (including phenoxy) is 2. The number of nitrogens with zero attached hydrogens (tertiary/aromatic N) is 1. The van der Waals surface area contributed by atoms with Crippen molar-refractivity contribution in [1.29, 1.82) is 0 Å². The fourth-order valence-corrected chi connectivity index (χ4v) is 1.58. The Hall–Kier alpha value is -2.31. The largest absolute Gasteiger partial charge is 0.490 e. The molecule has 0 aliphatic carbocycles. The minimum absolute atomic E-state index is 0.0402. The van der Waals surface area contributed by atoms with Gasteiger partial charge in [-0.05, 0) is 13.3 Å². The molecule has 0 aromatic heterocycles. The average Bonchev–Trinajstić information content (AvgIpc) is 2.39. The molecule has 0 heterocycles. The van der Waals surface area contributed by atoms with E-state index in [0.29, 0.717) is 6.61 Å². The van der Waals surface area contributed by atoms with Crippen molar-refractivity contribution in [3.63, 3.8) is 0 Å². The maximum Gasteiger partial charge on any atom is 0.339 e. The van der Waals surface area contributed by atoms with Gasteiger partial charge in [-0.3, -0.25) is 10.1 Å². The highest BCUT2D eigenvalue weighted by atomic mass is 16.6. The average molecular weight is 283 g/mol. The Morgan fingerprint density at radius 3 is 2.55 bits per heavy atom. The molecule has 0 bridgehead atoms. The summed E-state index contributed by atoms with van der Waals surface area (Å²) in [7, 11) is 0. The fraction of sp³-hybridized carbons (Fsp3) is 0.462. The third-order valence-electron chi connectivity index (χ3n) is 2.52. The molecule has 0 radical (unpaired) electrons. The Morgan fingerprint density at radius 2 is 2.05 bits per heavy atom. The number of nitro groups is 1. The summed E-state index contributed by atoms with van der Waals surface area (Å²) in [5.74, 6) is -1.17. The van der Waals surface area contributed by atoms with E-state index in [2.05, 4.69) is 0 Å². The Balaban J connectivity index is 3.27. The van der Waals surface area contributed by atoms with Gasteiger partial charge in [0.1, 0.15) is 5.56 Å². The molecule has 1 aromatic rings. The Morgan fingerprint density at radius 1 is 1.35 bits per heavy atom. The van der Waals surface area contributed by atoms with Crippen molar-refractivity contribution in [3.05, 3.63) is 27.8 Å². The monoisotopic (exact) mass is 283 g/mol. The van der Waals surface area contributed by atoms with Gasteiger partial charge in [0.05, 0.1) is 24.2 Å². The minimum Gasteiger partial charge on any atom is -0.490 e. The summed E-state index contributed by atoms with van der Waals surface area (Å²) < 4.78 is 10.7. The van der Waals surface area contributed by atoms with Gasteiger partial charge in [0, 0.05) is 6.07 Å². The van der Waals surface area contributed by atoms with E-state index in [4.69, 9.17) is 14.6 Å². The second-order valence-electron chi connectivity index (χ2n) is 4.02. The topological polar surface area (TPSA) is 98.9 Å². The van der Waals surface area contributed by atoms with Crippen LogP contribution in [0.3, 0.4) is 0 Å². The first-order chi connectivity index (χ1) is 9.51. The van der Waals surface area contributed by atoms with E-state index in [0.717, 1.165) is 18.9 Å². The zero-order valence-electron chi connectivity index (χ0n) is 11.4. The molecule has 1 rings (SSSR count). The van der Waals surface area contributed by atoms with E-state index >= 15 is 0 Å². The second kappa shape index (κ2) is 7.32. The summed E-state index contributed by atoms with van der Waals surface area (Å²) in [6.07, 6.45) is 1.64. The van der Waals surface area contributed by atoms with Crippen LogP contribution in [0, 0.1) is 10.1 Å². The van der Waals surface area contributed by atoms with Crippen molar-refractivity contribution < 1.29 is 24.3 Å². The van der Waals surface area contributed by atoms with Crippen molar-refractivity contribution in [1.82, 2.24) is 0 Å². The number of benzene rings is 1. The first-order valence-electron chi connectivity index (χ1n) is 6.32. The number of non-ortho nitro benzene ring substituents is 1. The van der Waals surface area contributed by atoms with Gasteiger partial charge in [-0.2, -0.15) is 0 Å². The Bertz CT molecular complexity index is 500. The van der Waals surface area contributed by atoms with Crippen molar-refractivity contribution in [3.8, 4) is 11.5 Å². The normalized spacial score (nSPS) is 10.1. The summed E-state index contributed by atoms with van der Waals surface area (Å²) in [5, 5.41) is 20.0. The zero-order valence-corrected chi connectivity index (χ0v) is 11.4. The molecule has 0 aliphatic rings. The third-order valence-corrected chi connectivity index (χ3v) is 2.52. The molecule has 0 amide bonds. The lowest BCUT2D eigenvalue weighted by atomic mass is 10.1. The number of hydrogen-bond donors (Lipinski definition) is 1. The molecule has 0 aliphatic heterocycles. The Kier molecular flexibility index (Phi) is 5.76. The van der Waals surface area contributed by atoms with Crippen LogP contribution in [-0.4, -0.2) is 29.2 Å². The summed E-state index contributed by atoms with van der Waals surface area (Å²) in [4.78, 5) is 21.4. The van der Waals surface area contributed by atoms with Crippen molar-refractivity contribution >= 4 is 11.7 Å². The summed E-state index contributed by atoms with van der Waals surface area (Å²) in [6, 6.07) is 2.16. The molecule has 0 saturated heterocycles. The van der Waals surface area contributed by atoms with Gasteiger partial charge in [-0.25, -0.2) is 4.79 Å². The standard InChI is InChI=1S/C13H17NO6/c1-3-5-6-20-12-10(13(15)16)7-9(14(17)18)8-11(12)19-4-2/h7-8H,3-6H2,1-2H3,(H,15,16). The molecule has 0 spiro atoms. The van der Waals surface area contributed by atoms with Gasteiger partial charge < -0.3 is 14.6 Å². The molecular formula is C13H17NO6. The molecule has 110 valence electrons. The van der Waals surface area contributed by atoms with E-state index in [-0.39, 0.29) is 29.4 Å². The van der Waals surface area contributed by atoms with Crippen LogP contribution in [0.4, 0.5) is 5.69 Å². The van der Waals surface area contributed by atoms with Gasteiger partial charge in [-0.15, -0.1) is 0 Å². The smallest absolute Gasteiger partial charge is 0.339 e. The molecule has 20 heavy (non-hydrogen) atoms. The van der Waals surface area contributed by atoms with Crippen LogP contribution in [0.15, 0.2) is 12.1 Å². The number of hydrogen-bond acceptors (Lipinski definition) is 5. The lowest BCUT2D eigenvalue weighted by Crippen LogP contribution is -2.08. The molecule has 1 aromatic carbocycles.